The fourth-order valence-corrected chi connectivity index (χ4v) is 3.59. The number of benzene rings is 1. The van der Waals surface area contributed by atoms with Crippen LogP contribution in [0.3, 0.4) is 0 Å². The predicted octanol–water partition coefficient (Wildman–Crippen LogP) is 4.38. The molecule has 0 aliphatic carbocycles. The summed E-state index contributed by atoms with van der Waals surface area (Å²) in [6.07, 6.45) is 7.73. The Morgan fingerprint density at radius 3 is 2.65 bits per heavy atom. The first-order valence-corrected chi connectivity index (χ1v) is 10.0. The van der Waals surface area contributed by atoms with Gasteiger partial charge in [0.1, 0.15) is 0 Å². The zero-order valence-electron chi connectivity index (χ0n) is 16.0. The topological polar surface area (TPSA) is 62.4 Å². The number of aliphatic hydroxyl groups is 1. The first-order chi connectivity index (χ1) is 12.7. The van der Waals surface area contributed by atoms with E-state index >= 15 is 0 Å². The molecule has 1 saturated heterocycles. The molecule has 5 heteroatoms. The van der Waals surface area contributed by atoms with Gasteiger partial charge in [0.25, 0.3) is 0 Å². The molecule has 2 atom stereocenters. The number of aliphatic hydroxyl groups excluding tert-OH is 1. The highest BCUT2D eigenvalue weighted by atomic mass is 16.5. The standard InChI is InChI=1S/C21H31N3O2/c1-3-4-5-6-7-8-20-22-21(23-26-20)18-11-9-17(10-12-18)16(2)24-14-13-19(25)15-24/h9-12,16,19,25H,3-8,13-15H2,1-2H3/t16-,19+/m1/s1. The summed E-state index contributed by atoms with van der Waals surface area (Å²) >= 11 is 0. The van der Waals surface area contributed by atoms with E-state index in [1.165, 1.54) is 31.2 Å². The number of rotatable bonds is 9. The lowest BCUT2D eigenvalue weighted by Crippen LogP contribution is -2.25. The number of hydrogen-bond donors (Lipinski definition) is 1. The molecule has 0 radical (unpaired) electrons. The molecule has 1 aromatic heterocycles. The molecule has 3 rings (SSSR count). The monoisotopic (exact) mass is 357 g/mol. The van der Waals surface area contributed by atoms with Crippen molar-refractivity contribution in [3.05, 3.63) is 35.7 Å². The fraction of sp³-hybridized carbons (Fsp3) is 0.619. The predicted molar refractivity (Wildman–Crippen MR) is 103 cm³/mol. The molecule has 2 heterocycles. The quantitative estimate of drug-likeness (QED) is 0.675. The van der Waals surface area contributed by atoms with Gasteiger partial charge in [0.2, 0.25) is 11.7 Å². The van der Waals surface area contributed by atoms with Gasteiger partial charge in [-0.25, -0.2) is 0 Å². The Balaban J connectivity index is 1.55. The van der Waals surface area contributed by atoms with Crippen LogP contribution in [-0.4, -0.2) is 39.3 Å². The van der Waals surface area contributed by atoms with E-state index in [4.69, 9.17) is 4.52 Å². The summed E-state index contributed by atoms with van der Waals surface area (Å²) < 4.78 is 5.40. The average molecular weight is 357 g/mol. The SMILES string of the molecule is CCCCCCCc1nc(-c2ccc([C@@H](C)N3CC[C@H](O)C3)cc2)no1. The molecule has 0 amide bonds. The highest BCUT2D eigenvalue weighted by molar-refractivity contribution is 5.54. The Kier molecular flexibility index (Phi) is 6.80. The van der Waals surface area contributed by atoms with E-state index in [9.17, 15) is 5.11 Å². The van der Waals surface area contributed by atoms with Gasteiger partial charge in [0.05, 0.1) is 6.10 Å². The molecule has 1 fully saturated rings. The van der Waals surface area contributed by atoms with Gasteiger partial charge in [-0.15, -0.1) is 0 Å². The largest absolute Gasteiger partial charge is 0.392 e. The molecule has 1 aliphatic heterocycles. The molecule has 0 bridgehead atoms. The Bertz CT molecular complexity index is 668. The zero-order valence-corrected chi connectivity index (χ0v) is 16.0. The van der Waals surface area contributed by atoms with E-state index in [-0.39, 0.29) is 6.10 Å². The van der Waals surface area contributed by atoms with Gasteiger partial charge in [-0.1, -0.05) is 62.0 Å². The van der Waals surface area contributed by atoms with Crippen LogP contribution >= 0.6 is 0 Å². The van der Waals surface area contributed by atoms with Crippen molar-refractivity contribution < 1.29 is 9.63 Å². The van der Waals surface area contributed by atoms with E-state index in [0.29, 0.717) is 11.9 Å². The van der Waals surface area contributed by atoms with E-state index in [1.54, 1.807) is 0 Å². The Morgan fingerprint density at radius 2 is 1.96 bits per heavy atom. The van der Waals surface area contributed by atoms with Crippen LogP contribution in [0.4, 0.5) is 0 Å². The van der Waals surface area contributed by atoms with Crippen molar-refractivity contribution in [1.82, 2.24) is 15.0 Å². The minimum absolute atomic E-state index is 0.184. The smallest absolute Gasteiger partial charge is 0.226 e. The molecule has 5 nitrogen and oxygen atoms in total. The van der Waals surface area contributed by atoms with Crippen molar-refractivity contribution in [3.8, 4) is 11.4 Å². The third kappa shape index (κ3) is 4.92. The van der Waals surface area contributed by atoms with Crippen LogP contribution in [0, 0.1) is 0 Å². The van der Waals surface area contributed by atoms with Crippen molar-refractivity contribution in [2.75, 3.05) is 13.1 Å². The Labute approximate surface area is 156 Å². The second-order valence-electron chi connectivity index (χ2n) is 7.41. The van der Waals surface area contributed by atoms with Crippen molar-refractivity contribution in [2.45, 2.75) is 70.9 Å². The average Bonchev–Trinajstić information content (AvgIpc) is 3.30. The normalized spacial score (nSPS) is 19.1. The lowest BCUT2D eigenvalue weighted by Gasteiger charge is -2.24. The molecule has 0 unspecified atom stereocenters. The molecular formula is C21H31N3O2. The molecule has 1 aromatic carbocycles. The Hall–Kier alpha value is -1.72. The van der Waals surface area contributed by atoms with Gasteiger partial charge in [0, 0.05) is 31.1 Å². The van der Waals surface area contributed by atoms with Gasteiger partial charge < -0.3 is 9.63 Å². The van der Waals surface area contributed by atoms with Crippen LogP contribution in [0.25, 0.3) is 11.4 Å². The van der Waals surface area contributed by atoms with Crippen molar-refractivity contribution in [2.24, 2.45) is 0 Å². The van der Waals surface area contributed by atoms with Crippen LogP contribution < -0.4 is 0 Å². The number of β-amino-alcohol motifs (C(OH)–C–C–N with tert-alkyl or cyclic N) is 1. The summed E-state index contributed by atoms with van der Waals surface area (Å²) in [5.41, 5.74) is 2.24. The minimum atomic E-state index is -0.184. The van der Waals surface area contributed by atoms with Gasteiger partial charge in [-0.2, -0.15) is 4.98 Å². The van der Waals surface area contributed by atoms with E-state index in [1.807, 2.05) is 0 Å². The number of aromatic nitrogens is 2. The maximum atomic E-state index is 9.73. The van der Waals surface area contributed by atoms with Crippen LogP contribution in [-0.2, 0) is 6.42 Å². The van der Waals surface area contributed by atoms with Crippen molar-refractivity contribution in [3.63, 3.8) is 0 Å². The summed E-state index contributed by atoms with van der Waals surface area (Å²) in [7, 11) is 0. The lowest BCUT2D eigenvalue weighted by atomic mass is 10.0. The zero-order chi connectivity index (χ0) is 18.4. The maximum absolute atomic E-state index is 9.73. The highest BCUT2D eigenvalue weighted by Gasteiger charge is 2.25. The summed E-state index contributed by atoms with van der Waals surface area (Å²) in [5.74, 6) is 1.41. The number of unbranched alkanes of at least 4 members (excludes halogenated alkanes) is 4. The summed E-state index contributed by atoms with van der Waals surface area (Å²) in [6, 6.07) is 8.70. The molecular weight excluding hydrogens is 326 g/mol. The van der Waals surface area contributed by atoms with Crippen LogP contribution in [0.15, 0.2) is 28.8 Å². The van der Waals surface area contributed by atoms with Gasteiger partial charge in [-0.05, 0) is 25.3 Å². The number of aryl methyl sites for hydroxylation is 1. The Morgan fingerprint density at radius 1 is 1.19 bits per heavy atom. The second kappa shape index (κ2) is 9.28. The molecule has 1 N–H and O–H groups in total. The molecule has 1 aliphatic rings. The number of hydrogen-bond acceptors (Lipinski definition) is 5. The number of nitrogens with zero attached hydrogens (tertiary/aromatic N) is 3. The van der Waals surface area contributed by atoms with Crippen molar-refractivity contribution >= 4 is 0 Å². The van der Waals surface area contributed by atoms with Gasteiger partial charge >= 0.3 is 0 Å². The molecule has 0 saturated carbocycles. The first-order valence-electron chi connectivity index (χ1n) is 10.0. The van der Waals surface area contributed by atoms with Crippen LogP contribution in [0.5, 0.6) is 0 Å². The molecule has 142 valence electrons. The summed E-state index contributed by atoms with van der Waals surface area (Å²) in [5, 5.41) is 13.9. The van der Waals surface area contributed by atoms with Gasteiger partial charge in [-0.3, -0.25) is 4.90 Å². The second-order valence-corrected chi connectivity index (χ2v) is 7.41. The van der Waals surface area contributed by atoms with E-state index < -0.39 is 0 Å². The van der Waals surface area contributed by atoms with Crippen LogP contribution in [0.2, 0.25) is 0 Å². The maximum Gasteiger partial charge on any atom is 0.226 e. The number of likely N-dealkylation sites (tertiary alicyclic amines) is 1. The third-order valence-electron chi connectivity index (χ3n) is 5.36. The summed E-state index contributed by atoms with van der Waals surface area (Å²) in [4.78, 5) is 6.86. The van der Waals surface area contributed by atoms with Crippen molar-refractivity contribution in [1.29, 1.82) is 0 Å². The minimum Gasteiger partial charge on any atom is -0.392 e. The first kappa shape index (κ1) is 19.1. The highest BCUT2D eigenvalue weighted by Crippen LogP contribution is 2.26. The lowest BCUT2D eigenvalue weighted by molar-refractivity contribution is 0.163. The fourth-order valence-electron chi connectivity index (χ4n) is 3.59. The molecule has 2 aromatic rings. The van der Waals surface area contributed by atoms with Crippen LogP contribution in [0.1, 0.15) is 69.9 Å². The molecule has 0 spiro atoms. The van der Waals surface area contributed by atoms with E-state index in [0.717, 1.165) is 43.8 Å². The third-order valence-corrected chi connectivity index (χ3v) is 5.36. The van der Waals surface area contributed by atoms with E-state index in [2.05, 4.69) is 53.2 Å². The van der Waals surface area contributed by atoms with Gasteiger partial charge in [0.15, 0.2) is 0 Å². The molecule has 26 heavy (non-hydrogen) atoms. The summed E-state index contributed by atoms with van der Waals surface area (Å²) in [6.45, 7) is 6.13.